The van der Waals surface area contributed by atoms with E-state index < -0.39 is 0 Å². The van der Waals surface area contributed by atoms with Gasteiger partial charge >= 0.3 is 0 Å². The Labute approximate surface area is 169 Å². The molecule has 0 bridgehead atoms. The third kappa shape index (κ3) is 6.58. The quantitative estimate of drug-likeness (QED) is 0.479. The third-order valence-corrected chi connectivity index (χ3v) is 4.52. The molecule has 0 saturated heterocycles. The van der Waals surface area contributed by atoms with Gasteiger partial charge in [-0.25, -0.2) is 0 Å². The minimum absolute atomic E-state index is 0.526. The maximum atomic E-state index is 4.14. The molecule has 1 aromatic carbocycles. The second-order valence-electron chi connectivity index (χ2n) is 7.20. The van der Waals surface area contributed by atoms with Crippen molar-refractivity contribution in [3.05, 3.63) is 103 Å². The number of nitrogens with zero attached hydrogens (tertiary/aromatic N) is 1. The number of aromatic nitrogens is 1. The van der Waals surface area contributed by atoms with Gasteiger partial charge in [-0.2, -0.15) is 0 Å². The second-order valence-corrected chi connectivity index (χ2v) is 7.20. The van der Waals surface area contributed by atoms with Gasteiger partial charge < -0.3 is 10.6 Å². The van der Waals surface area contributed by atoms with E-state index in [9.17, 15) is 0 Å². The average Bonchev–Trinajstić information content (AvgIpc) is 2.68. The van der Waals surface area contributed by atoms with E-state index in [2.05, 4.69) is 74.3 Å². The van der Waals surface area contributed by atoms with Crippen LogP contribution < -0.4 is 10.6 Å². The lowest BCUT2D eigenvalue weighted by atomic mass is 10.00. The van der Waals surface area contributed by atoms with E-state index in [1.165, 1.54) is 11.1 Å². The van der Waals surface area contributed by atoms with E-state index in [4.69, 9.17) is 0 Å². The molecule has 0 aliphatic heterocycles. The highest BCUT2D eigenvalue weighted by atomic mass is 14.9. The van der Waals surface area contributed by atoms with Crippen LogP contribution in [0.5, 0.6) is 0 Å². The largest absolute Gasteiger partial charge is 0.360 e. The van der Waals surface area contributed by atoms with Gasteiger partial charge in [-0.05, 0) is 48.2 Å². The van der Waals surface area contributed by atoms with Crippen molar-refractivity contribution >= 4 is 11.4 Å². The van der Waals surface area contributed by atoms with Crippen LogP contribution in [-0.4, -0.2) is 4.98 Å². The van der Waals surface area contributed by atoms with Gasteiger partial charge in [-0.3, -0.25) is 4.98 Å². The summed E-state index contributed by atoms with van der Waals surface area (Å²) in [5.41, 5.74) is 7.19. The first-order valence-corrected chi connectivity index (χ1v) is 9.68. The Morgan fingerprint density at radius 2 is 1.82 bits per heavy atom. The second kappa shape index (κ2) is 10.3. The Kier molecular flexibility index (Phi) is 7.82. The van der Waals surface area contributed by atoms with Crippen LogP contribution in [0.4, 0.5) is 5.69 Å². The molecule has 0 amide bonds. The predicted octanol–water partition coefficient (Wildman–Crippen LogP) is 6.32. The first-order valence-electron chi connectivity index (χ1n) is 9.68. The van der Waals surface area contributed by atoms with Gasteiger partial charge in [0, 0.05) is 47.2 Å². The molecule has 0 atom stereocenters. The van der Waals surface area contributed by atoms with Gasteiger partial charge in [0.2, 0.25) is 0 Å². The maximum Gasteiger partial charge on any atom is 0.0400 e. The molecule has 3 heteroatoms. The highest BCUT2D eigenvalue weighted by Crippen LogP contribution is 2.18. The Morgan fingerprint density at radius 1 is 1.11 bits per heavy atom. The zero-order valence-corrected chi connectivity index (χ0v) is 17.3. The van der Waals surface area contributed by atoms with Gasteiger partial charge in [-0.1, -0.05) is 58.2 Å². The summed E-state index contributed by atoms with van der Waals surface area (Å²) in [5, 5.41) is 6.63. The smallest absolute Gasteiger partial charge is 0.0400 e. The first kappa shape index (κ1) is 21.2. The summed E-state index contributed by atoms with van der Waals surface area (Å²) >= 11 is 0. The monoisotopic (exact) mass is 373 g/mol. The number of benzene rings is 1. The number of anilines is 1. The fraction of sp³-hybridized carbons (Fsp3) is 0.240. The van der Waals surface area contributed by atoms with Gasteiger partial charge in [0.15, 0.2) is 0 Å². The molecule has 2 aromatic rings. The molecule has 0 radical (unpaired) electrons. The fourth-order valence-electron chi connectivity index (χ4n) is 2.95. The van der Waals surface area contributed by atoms with Crippen LogP contribution >= 0.6 is 0 Å². The highest BCUT2D eigenvalue weighted by molar-refractivity contribution is 5.74. The van der Waals surface area contributed by atoms with Gasteiger partial charge in [0.25, 0.3) is 0 Å². The molecule has 0 aliphatic carbocycles. The summed E-state index contributed by atoms with van der Waals surface area (Å²) in [6.45, 7) is 18.9. The standard InChI is InChI=1S/C25H31N3/c1-7-23(18(2)3)16-20(5)27-19(4)15-22-10-12-25(13-11-22)28-21(6)24-9-8-14-26-17-24/h8-14,16-18,27-28H,4-7,15H2,1-3H3/b23-16+. The van der Waals surface area contributed by atoms with Crippen LogP contribution in [0.2, 0.25) is 0 Å². The topological polar surface area (TPSA) is 37.0 Å². The van der Waals surface area contributed by atoms with Crippen molar-refractivity contribution in [3.8, 4) is 0 Å². The Morgan fingerprint density at radius 3 is 2.39 bits per heavy atom. The third-order valence-electron chi connectivity index (χ3n) is 4.52. The number of nitrogens with one attached hydrogen (secondary N) is 2. The van der Waals surface area contributed by atoms with Crippen LogP contribution in [-0.2, 0) is 6.42 Å². The molecule has 1 aromatic heterocycles. The zero-order valence-electron chi connectivity index (χ0n) is 17.3. The summed E-state index contributed by atoms with van der Waals surface area (Å²) in [5.74, 6) is 0.526. The van der Waals surface area contributed by atoms with Crippen molar-refractivity contribution in [2.24, 2.45) is 5.92 Å². The van der Waals surface area contributed by atoms with Gasteiger partial charge in [0.05, 0.1) is 0 Å². The van der Waals surface area contributed by atoms with E-state index in [0.717, 1.165) is 41.2 Å². The van der Waals surface area contributed by atoms with Gasteiger partial charge in [0.1, 0.15) is 0 Å². The van der Waals surface area contributed by atoms with Crippen molar-refractivity contribution < 1.29 is 0 Å². The molecule has 1 heterocycles. The van der Waals surface area contributed by atoms with Crippen LogP contribution in [0.1, 0.15) is 38.3 Å². The minimum atomic E-state index is 0.526. The van der Waals surface area contributed by atoms with Crippen molar-refractivity contribution in [1.29, 1.82) is 0 Å². The molecular weight excluding hydrogens is 342 g/mol. The number of rotatable bonds is 10. The van der Waals surface area contributed by atoms with Gasteiger partial charge in [-0.15, -0.1) is 0 Å². The summed E-state index contributed by atoms with van der Waals surface area (Å²) < 4.78 is 0. The normalized spacial score (nSPS) is 11.2. The Balaban J connectivity index is 1.90. The molecule has 2 rings (SSSR count). The summed E-state index contributed by atoms with van der Waals surface area (Å²) in [7, 11) is 0. The van der Waals surface area contributed by atoms with Crippen molar-refractivity contribution in [1.82, 2.24) is 10.3 Å². The van der Waals surface area contributed by atoms with Crippen LogP contribution in [0.15, 0.2) is 91.6 Å². The van der Waals surface area contributed by atoms with E-state index in [1.54, 1.807) is 12.4 Å². The predicted molar refractivity (Wildman–Crippen MR) is 122 cm³/mol. The first-order chi connectivity index (χ1) is 13.4. The van der Waals surface area contributed by atoms with Crippen LogP contribution in [0, 0.1) is 5.92 Å². The average molecular weight is 374 g/mol. The van der Waals surface area contributed by atoms with Crippen molar-refractivity contribution in [2.75, 3.05) is 5.32 Å². The number of hydrogen-bond acceptors (Lipinski definition) is 3. The number of hydrogen-bond donors (Lipinski definition) is 2. The number of allylic oxidation sites excluding steroid dienone is 3. The van der Waals surface area contributed by atoms with E-state index in [0.29, 0.717) is 5.92 Å². The molecule has 0 aliphatic rings. The Hall–Kier alpha value is -3.07. The molecule has 3 nitrogen and oxygen atoms in total. The SMILES string of the molecule is C=C(/C=C(\CC)C(C)C)NC(=C)Cc1ccc(NC(=C)c2cccnc2)cc1. The lowest BCUT2D eigenvalue weighted by Crippen LogP contribution is -2.12. The molecule has 0 fully saturated rings. The molecule has 0 saturated carbocycles. The lowest BCUT2D eigenvalue weighted by molar-refractivity contribution is 0.728. The Bertz CT molecular complexity index is 843. The molecule has 0 spiro atoms. The van der Waals surface area contributed by atoms with Crippen LogP contribution in [0.3, 0.4) is 0 Å². The zero-order chi connectivity index (χ0) is 20.5. The highest BCUT2D eigenvalue weighted by Gasteiger charge is 2.04. The fourth-order valence-corrected chi connectivity index (χ4v) is 2.95. The molecular formula is C25H31N3. The minimum Gasteiger partial charge on any atom is -0.360 e. The summed E-state index contributed by atoms with van der Waals surface area (Å²) in [6, 6.07) is 12.2. The summed E-state index contributed by atoms with van der Waals surface area (Å²) in [6.07, 6.45) is 7.46. The molecule has 0 unspecified atom stereocenters. The molecule has 2 N–H and O–H groups in total. The van der Waals surface area contributed by atoms with Crippen molar-refractivity contribution in [2.45, 2.75) is 33.6 Å². The maximum absolute atomic E-state index is 4.14. The van der Waals surface area contributed by atoms with E-state index in [1.807, 2.05) is 24.3 Å². The van der Waals surface area contributed by atoms with E-state index in [-0.39, 0.29) is 0 Å². The number of pyridine rings is 1. The molecule has 146 valence electrons. The van der Waals surface area contributed by atoms with E-state index >= 15 is 0 Å². The summed E-state index contributed by atoms with van der Waals surface area (Å²) in [4.78, 5) is 4.12. The van der Waals surface area contributed by atoms with Crippen LogP contribution in [0.25, 0.3) is 5.70 Å². The lowest BCUT2D eigenvalue weighted by Gasteiger charge is -2.14. The molecule has 28 heavy (non-hydrogen) atoms. The van der Waals surface area contributed by atoms with Crippen molar-refractivity contribution in [3.63, 3.8) is 0 Å².